The van der Waals surface area contributed by atoms with E-state index >= 15 is 0 Å². The summed E-state index contributed by atoms with van der Waals surface area (Å²) >= 11 is 12.0. The van der Waals surface area contributed by atoms with Gasteiger partial charge in [0.25, 0.3) is 0 Å². The molecule has 17 heavy (non-hydrogen) atoms. The van der Waals surface area contributed by atoms with Gasteiger partial charge in [-0.3, -0.25) is 4.98 Å². The van der Waals surface area contributed by atoms with Gasteiger partial charge in [-0.15, -0.1) is 0 Å². The van der Waals surface area contributed by atoms with Crippen LogP contribution in [-0.4, -0.2) is 22.5 Å². The first kappa shape index (κ1) is 12.1. The van der Waals surface area contributed by atoms with Crippen LogP contribution in [0.2, 0.25) is 10.2 Å². The van der Waals surface area contributed by atoms with E-state index in [9.17, 15) is 4.79 Å². The summed E-state index contributed by atoms with van der Waals surface area (Å²) in [4.78, 5) is 19.7. The Kier molecular flexibility index (Phi) is 3.45. The zero-order valence-corrected chi connectivity index (χ0v) is 10.4. The van der Waals surface area contributed by atoms with E-state index in [-0.39, 0.29) is 22.3 Å². The van der Waals surface area contributed by atoms with Crippen molar-refractivity contribution in [2.24, 2.45) is 0 Å². The van der Waals surface area contributed by atoms with Crippen LogP contribution in [0.5, 0.6) is 0 Å². The highest BCUT2D eigenvalue weighted by Gasteiger charge is 2.20. The minimum Gasteiger partial charge on any atom is -0.462 e. The number of pyridine rings is 2. The van der Waals surface area contributed by atoms with Gasteiger partial charge in [0.1, 0.15) is 10.7 Å². The average molecular weight is 271 g/mol. The lowest BCUT2D eigenvalue weighted by Crippen LogP contribution is -2.07. The van der Waals surface area contributed by atoms with Gasteiger partial charge < -0.3 is 4.74 Å². The molecule has 0 aliphatic heterocycles. The maximum absolute atomic E-state index is 11.7. The molecule has 0 saturated carbocycles. The van der Waals surface area contributed by atoms with Gasteiger partial charge in [-0.25, -0.2) is 9.78 Å². The van der Waals surface area contributed by atoms with Gasteiger partial charge in [-0.05, 0) is 13.0 Å². The van der Waals surface area contributed by atoms with Crippen LogP contribution in [0.25, 0.3) is 10.9 Å². The number of aromatic nitrogens is 2. The van der Waals surface area contributed by atoms with E-state index in [1.807, 2.05) is 0 Å². The summed E-state index contributed by atoms with van der Waals surface area (Å²) in [7, 11) is 0. The number of rotatable bonds is 2. The quantitative estimate of drug-likeness (QED) is 0.622. The number of hydrogen-bond acceptors (Lipinski definition) is 4. The Labute approximate surface area is 108 Å². The van der Waals surface area contributed by atoms with E-state index in [2.05, 4.69) is 9.97 Å². The maximum atomic E-state index is 11.7. The second-order valence-electron chi connectivity index (χ2n) is 3.20. The Morgan fingerprint density at radius 2 is 2.24 bits per heavy atom. The average Bonchev–Trinajstić information content (AvgIpc) is 2.29. The first-order valence-electron chi connectivity index (χ1n) is 4.91. The van der Waals surface area contributed by atoms with Crippen molar-refractivity contribution in [2.45, 2.75) is 6.92 Å². The van der Waals surface area contributed by atoms with Crippen LogP contribution in [0.1, 0.15) is 17.3 Å². The van der Waals surface area contributed by atoms with E-state index in [1.165, 1.54) is 6.20 Å². The lowest BCUT2D eigenvalue weighted by Gasteiger charge is -2.08. The molecule has 4 nitrogen and oxygen atoms in total. The van der Waals surface area contributed by atoms with Gasteiger partial charge in [-0.1, -0.05) is 23.2 Å². The maximum Gasteiger partial charge on any atom is 0.342 e. The molecule has 0 atom stereocenters. The number of halogens is 2. The predicted octanol–water partition coefficient (Wildman–Crippen LogP) is 3.11. The van der Waals surface area contributed by atoms with Crippen LogP contribution in [-0.2, 0) is 4.74 Å². The SMILES string of the molecule is CCOC(=O)c1c(Cl)nc2ccncc2c1Cl. The van der Waals surface area contributed by atoms with E-state index in [1.54, 1.807) is 19.2 Å². The van der Waals surface area contributed by atoms with Crippen molar-refractivity contribution >= 4 is 40.1 Å². The van der Waals surface area contributed by atoms with Crippen molar-refractivity contribution in [2.75, 3.05) is 6.61 Å². The van der Waals surface area contributed by atoms with Gasteiger partial charge in [0.05, 0.1) is 17.1 Å². The largest absolute Gasteiger partial charge is 0.462 e. The fraction of sp³-hybridized carbons (Fsp3) is 0.182. The minimum absolute atomic E-state index is 0.0344. The van der Waals surface area contributed by atoms with Gasteiger partial charge in [0.2, 0.25) is 0 Å². The molecule has 2 aromatic heterocycles. The lowest BCUT2D eigenvalue weighted by molar-refractivity contribution is 0.0526. The third-order valence-corrected chi connectivity index (χ3v) is 2.82. The van der Waals surface area contributed by atoms with E-state index in [0.29, 0.717) is 10.9 Å². The third kappa shape index (κ3) is 2.18. The molecule has 0 amide bonds. The Bertz CT molecular complexity index is 587. The summed E-state index contributed by atoms with van der Waals surface area (Å²) in [5, 5.41) is 0.820. The van der Waals surface area contributed by atoms with Crippen molar-refractivity contribution in [1.29, 1.82) is 0 Å². The smallest absolute Gasteiger partial charge is 0.342 e. The highest BCUT2D eigenvalue weighted by molar-refractivity contribution is 6.42. The van der Waals surface area contributed by atoms with E-state index < -0.39 is 5.97 Å². The Balaban J connectivity index is 2.67. The molecule has 0 aliphatic rings. The Hall–Kier alpha value is -1.39. The normalized spacial score (nSPS) is 10.5. The molecule has 0 aromatic carbocycles. The van der Waals surface area contributed by atoms with Crippen molar-refractivity contribution < 1.29 is 9.53 Å². The van der Waals surface area contributed by atoms with Gasteiger partial charge in [0.15, 0.2) is 0 Å². The lowest BCUT2D eigenvalue weighted by atomic mass is 10.2. The fourth-order valence-electron chi connectivity index (χ4n) is 1.42. The van der Waals surface area contributed by atoms with Crippen LogP contribution < -0.4 is 0 Å². The second kappa shape index (κ2) is 4.85. The molecule has 2 aromatic rings. The molecule has 0 saturated heterocycles. The molecule has 0 N–H and O–H groups in total. The number of carbonyl (C=O) groups is 1. The molecule has 0 aliphatic carbocycles. The van der Waals surface area contributed by atoms with E-state index in [0.717, 1.165) is 0 Å². The molecule has 0 bridgehead atoms. The molecule has 6 heteroatoms. The third-order valence-electron chi connectivity index (χ3n) is 2.16. The molecule has 0 radical (unpaired) electrons. The highest BCUT2D eigenvalue weighted by Crippen LogP contribution is 2.30. The molecule has 0 spiro atoms. The summed E-state index contributed by atoms with van der Waals surface area (Å²) < 4.78 is 4.87. The summed E-state index contributed by atoms with van der Waals surface area (Å²) in [6.07, 6.45) is 3.11. The van der Waals surface area contributed by atoms with Gasteiger partial charge >= 0.3 is 5.97 Å². The molecule has 2 rings (SSSR count). The zero-order valence-electron chi connectivity index (χ0n) is 8.91. The first-order valence-corrected chi connectivity index (χ1v) is 5.66. The number of ether oxygens (including phenoxy) is 1. The number of fused-ring (bicyclic) bond motifs is 1. The van der Waals surface area contributed by atoms with Crippen molar-refractivity contribution in [3.63, 3.8) is 0 Å². The van der Waals surface area contributed by atoms with Crippen molar-refractivity contribution in [1.82, 2.24) is 9.97 Å². The second-order valence-corrected chi connectivity index (χ2v) is 3.94. The molecule has 2 heterocycles. The van der Waals surface area contributed by atoms with Crippen LogP contribution in [0.3, 0.4) is 0 Å². The molecular formula is C11H8Cl2N2O2. The molecular weight excluding hydrogens is 263 g/mol. The highest BCUT2D eigenvalue weighted by atomic mass is 35.5. The number of esters is 1. The molecule has 0 unspecified atom stereocenters. The summed E-state index contributed by atoms with van der Waals surface area (Å²) in [5.74, 6) is -0.583. The predicted molar refractivity (Wildman–Crippen MR) is 65.5 cm³/mol. The van der Waals surface area contributed by atoms with Gasteiger partial charge in [0, 0.05) is 17.8 Å². The Morgan fingerprint density at radius 1 is 1.47 bits per heavy atom. The van der Waals surface area contributed by atoms with Crippen molar-refractivity contribution in [3.8, 4) is 0 Å². The first-order chi connectivity index (χ1) is 8.15. The topological polar surface area (TPSA) is 52.1 Å². The zero-order chi connectivity index (χ0) is 12.4. The molecule has 0 fully saturated rings. The van der Waals surface area contributed by atoms with Crippen LogP contribution in [0.4, 0.5) is 0 Å². The summed E-state index contributed by atoms with van der Waals surface area (Å²) in [6, 6.07) is 1.67. The summed E-state index contributed by atoms with van der Waals surface area (Å²) in [5.41, 5.74) is 0.665. The van der Waals surface area contributed by atoms with Crippen LogP contribution >= 0.6 is 23.2 Å². The van der Waals surface area contributed by atoms with E-state index in [4.69, 9.17) is 27.9 Å². The summed E-state index contributed by atoms with van der Waals surface area (Å²) in [6.45, 7) is 1.95. The van der Waals surface area contributed by atoms with Gasteiger partial charge in [-0.2, -0.15) is 0 Å². The van der Waals surface area contributed by atoms with Crippen LogP contribution in [0, 0.1) is 0 Å². The number of hydrogen-bond donors (Lipinski definition) is 0. The Morgan fingerprint density at radius 3 is 2.94 bits per heavy atom. The number of nitrogens with zero attached hydrogens (tertiary/aromatic N) is 2. The number of carbonyl (C=O) groups excluding carboxylic acids is 1. The monoisotopic (exact) mass is 270 g/mol. The molecule has 88 valence electrons. The van der Waals surface area contributed by atoms with Crippen molar-refractivity contribution in [3.05, 3.63) is 34.2 Å². The minimum atomic E-state index is -0.583. The fourth-order valence-corrected chi connectivity index (χ4v) is 2.04. The van der Waals surface area contributed by atoms with Crippen LogP contribution in [0.15, 0.2) is 18.5 Å². The standard InChI is InChI=1S/C11H8Cl2N2O2/c1-2-17-11(16)8-9(12)6-5-14-4-3-7(6)15-10(8)13/h3-5H,2H2,1H3.